The fourth-order valence-corrected chi connectivity index (χ4v) is 3.69. The van der Waals surface area contributed by atoms with Crippen molar-refractivity contribution in [2.24, 2.45) is 0 Å². The molecule has 2 N–H and O–H groups in total. The summed E-state index contributed by atoms with van der Waals surface area (Å²) in [5, 5.41) is 10.8. The summed E-state index contributed by atoms with van der Waals surface area (Å²) in [6.45, 7) is 0.472. The zero-order valence-electron chi connectivity index (χ0n) is 18.6. The number of anilines is 2. The Balaban J connectivity index is 1.34. The average Bonchev–Trinajstić information content (AvgIpc) is 3.30. The SMILES string of the molecule is COc1ccc(-c2cccc3nc(Nc4cccc(C(=O)NCc5ccccc5)c4)nn23)cc1. The number of benzene rings is 3. The van der Waals surface area contributed by atoms with Gasteiger partial charge >= 0.3 is 0 Å². The van der Waals surface area contributed by atoms with Crippen molar-refractivity contribution in [3.63, 3.8) is 0 Å². The molecule has 0 atom stereocenters. The van der Waals surface area contributed by atoms with Gasteiger partial charge in [-0.3, -0.25) is 4.79 Å². The van der Waals surface area contributed by atoms with Crippen LogP contribution in [0.3, 0.4) is 0 Å². The van der Waals surface area contributed by atoms with E-state index >= 15 is 0 Å². The lowest BCUT2D eigenvalue weighted by Crippen LogP contribution is -2.22. The molecule has 0 spiro atoms. The molecular formula is C27H23N5O2. The number of pyridine rings is 1. The van der Waals surface area contributed by atoms with Crippen molar-refractivity contribution in [3.8, 4) is 17.0 Å². The van der Waals surface area contributed by atoms with E-state index in [2.05, 4.69) is 20.7 Å². The number of nitrogens with one attached hydrogen (secondary N) is 2. The number of hydrogen-bond acceptors (Lipinski definition) is 5. The highest BCUT2D eigenvalue weighted by Crippen LogP contribution is 2.24. The van der Waals surface area contributed by atoms with Crippen LogP contribution in [-0.2, 0) is 6.54 Å². The van der Waals surface area contributed by atoms with Gasteiger partial charge in [0.2, 0.25) is 5.95 Å². The summed E-state index contributed by atoms with van der Waals surface area (Å²) in [6, 6.07) is 30.7. The van der Waals surface area contributed by atoms with Gasteiger partial charge in [-0.05, 0) is 60.2 Å². The van der Waals surface area contributed by atoms with Gasteiger partial charge in [-0.15, -0.1) is 5.10 Å². The van der Waals surface area contributed by atoms with Gasteiger partial charge in [0.1, 0.15) is 5.75 Å². The van der Waals surface area contributed by atoms with Crippen molar-refractivity contribution < 1.29 is 9.53 Å². The van der Waals surface area contributed by atoms with Gasteiger partial charge in [-0.25, -0.2) is 4.52 Å². The van der Waals surface area contributed by atoms with Crippen molar-refractivity contribution in [2.75, 3.05) is 12.4 Å². The Kier molecular flexibility index (Phi) is 5.90. The van der Waals surface area contributed by atoms with Crippen molar-refractivity contribution in [1.82, 2.24) is 19.9 Å². The minimum absolute atomic E-state index is 0.141. The van der Waals surface area contributed by atoms with Crippen molar-refractivity contribution >= 4 is 23.2 Å². The monoisotopic (exact) mass is 449 g/mol. The molecule has 0 aliphatic heterocycles. The van der Waals surface area contributed by atoms with Crippen LogP contribution < -0.4 is 15.4 Å². The molecule has 168 valence electrons. The molecule has 0 saturated heterocycles. The molecule has 7 nitrogen and oxygen atoms in total. The fraction of sp³-hybridized carbons (Fsp3) is 0.0741. The van der Waals surface area contributed by atoms with E-state index in [-0.39, 0.29) is 5.91 Å². The number of methoxy groups -OCH3 is 1. The maximum atomic E-state index is 12.6. The third-order valence-corrected chi connectivity index (χ3v) is 5.42. The molecule has 1 amide bonds. The molecular weight excluding hydrogens is 426 g/mol. The highest BCUT2D eigenvalue weighted by atomic mass is 16.5. The van der Waals surface area contributed by atoms with Gasteiger partial charge in [-0.1, -0.05) is 42.5 Å². The zero-order chi connectivity index (χ0) is 23.3. The van der Waals surface area contributed by atoms with Crippen LogP contribution in [0.5, 0.6) is 5.75 Å². The number of aromatic nitrogens is 3. The van der Waals surface area contributed by atoms with Crippen LogP contribution >= 0.6 is 0 Å². The second-order valence-electron chi connectivity index (χ2n) is 7.72. The number of fused-ring (bicyclic) bond motifs is 1. The summed E-state index contributed by atoms with van der Waals surface area (Å²) in [5.74, 6) is 1.10. The first kappa shape index (κ1) is 21.2. The lowest BCUT2D eigenvalue weighted by molar-refractivity contribution is 0.0951. The Labute approximate surface area is 197 Å². The molecule has 5 aromatic rings. The Hall–Kier alpha value is -4.65. The Morgan fingerprint density at radius 2 is 1.71 bits per heavy atom. The Bertz CT molecular complexity index is 1430. The van der Waals surface area contributed by atoms with Gasteiger partial charge in [0.15, 0.2) is 5.65 Å². The number of carbonyl (C=O) groups is 1. The van der Waals surface area contributed by atoms with Gasteiger partial charge in [0.05, 0.1) is 12.8 Å². The largest absolute Gasteiger partial charge is 0.497 e. The van der Waals surface area contributed by atoms with Gasteiger partial charge < -0.3 is 15.4 Å². The second kappa shape index (κ2) is 9.46. The molecule has 34 heavy (non-hydrogen) atoms. The van der Waals surface area contributed by atoms with Crippen LogP contribution in [0.25, 0.3) is 16.9 Å². The highest BCUT2D eigenvalue weighted by molar-refractivity contribution is 5.95. The first-order chi connectivity index (χ1) is 16.7. The summed E-state index contributed by atoms with van der Waals surface area (Å²) in [6.07, 6.45) is 0. The topological polar surface area (TPSA) is 80.5 Å². The third-order valence-electron chi connectivity index (χ3n) is 5.42. The summed E-state index contributed by atoms with van der Waals surface area (Å²) >= 11 is 0. The number of carbonyl (C=O) groups excluding carboxylic acids is 1. The number of hydrogen-bond donors (Lipinski definition) is 2. The standard InChI is InChI=1S/C27H23N5O2/c1-34-23-15-13-20(14-16-23)24-11-6-12-25-30-27(31-32(24)25)29-22-10-5-9-21(17-22)26(33)28-18-19-7-3-2-4-8-19/h2-17H,18H2,1H3,(H,28,33)(H,29,31). The molecule has 0 aliphatic rings. The predicted octanol–water partition coefficient (Wildman–Crippen LogP) is 5.08. The molecule has 5 rings (SSSR count). The Morgan fingerprint density at radius 1 is 0.912 bits per heavy atom. The Morgan fingerprint density at radius 3 is 2.50 bits per heavy atom. The van der Waals surface area contributed by atoms with E-state index < -0.39 is 0 Å². The number of amides is 1. The zero-order valence-corrected chi connectivity index (χ0v) is 18.6. The summed E-state index contributed by atoms with van der Waals surface area (Å²) < 4.78 is 7.05. The third kappa shape index (κ3) is 4.59. The molecule has 3 aromatic carbocycles. The van der Waals surface area contributed by atoms with Crippen LogP contribution in [0.1, 0.15) is 15.9 Å². The molecule has 0 bridgehead atoms. The number of rotatable bonds is 7. The van der Waals surface area contributed by atoms with Crippen LogP contribution in [0.2, 0.25) is 0 Å². The van der Waals surface area contributed by atoms with Gasteiger partial charge in [0, 0.05) is 23.4 Å². The minimum atomic E-state index is -0.141. The number of nitrogens with zero attached hydrogens (tertiary/aromatic N) is 3. The van der Waals surface area contributed by atoms with Crippen molar-refractivity contribution in [1.29, 1.82) is 0 Å². The molecule has 0 radical (unpaired) electrons. The van der Waals surface area contributed by atoms with E-state index in [0.29, 0.717) is 23.7 Å². The van der Waals surface area contributed by atoms with Crippen LogP contribution in [0.4, 0.5) is 11.6 Å². The van der Waals surface area contributed by atoms with Crippen LogP contribution in [0.15, 0.2) is 97.1 Å². The average molecular weight is 450 g/mol. The molecule has 0 saturated carbocycles. The maximum Gasteiger partial charge on any atom is 0.251 e. The number of ether oxygens (including phenoxy) is 1. The first-order valence-electron chi connectivity index (χ1n) is 10.9. The fourth-order valence-electron chi connectivity index (χ4n) is 3.69. The van der Waals surface area contributed by atoms with E-state index in [1.54, 1.807) is 23.8 Å². The summed E-state index contributed by atoms with van der Waals surface area (Å²) in [5.41, 5.74) is 4.96. The highest BCUT2D eigenvalue weighted by Gasteiger charge is 2.11. The van der Waals surface area contributed by atoms with Gasteiger partial charge in [0.25, 0.3) is 5.91 Å². The van der Waals surface area contributed by atoms with Crippen molar-refractivity contribution in [3.05, 3.63) is 108 Å². The second-order valence-corrected chi connectivity index (χ2v) is 7.72. The maximum absolute atomic E-state index is 12.6. The van der Waals surface area contributed by atoms with E-state index in [1.807, 2.05) is 84.9 Å². The van der Waals surface area contributed by atoms with Gasteiger partial charge in [-0.2, -0.15) is 4.98 Å². The van der Waals surface area contributed by atoms with E-state index in [0.717, 1.165) is 28.3 Å². The minimum Gasteiger partial charge on any atom is -0.497 e. The predicted molar refractivity (Wildman–Crippen MR) is 132 cm³/mol. The molecule has 0 fully saturated rings. The molecule has 7 heteroatoms. The molecule has 0 aliphatic carbocycles. The lowest BCUT2D eigenvalue weighted by atomic mass is 10.1. The smallest absolute Gasteiger partial charge is 0.251 e. The van der Waals surface area contributed by atoms with Crippen LogP contribution in [0, 0.1) is 0 Å². The molecule has 2 aromatic heterocycles. The molecule has 2 heterocycles. The van der Waals surface area contributed by atoms with Crippen LogP contribution in [-0.4, -0.2) is 27.6 Å². The normalized spacial score (nSPS) is 10.7. The first-order valence-corrected chi connectivity index (χ1v) is 10.9. The quantitative estimate of drug-likeness (QED) is 0.362. The summed E-state index contributed by atoms with van der Waals surface area (Å²) in [7, 11) is 1.65. The lowest BCUT2D eigenvalue weighted by Gasteiger charge is -2.07. The summed E-state index contributed by atoms with van der Waals surface area (Å²) in [4.78, 5) is 17.2. The molecule has 0 unspecified atom stereocenters. The van der Waals surface area contributed by atoms with Crippen molar-refractivity contribution in [2.45, 2.75) is 6.54 Å². The van der Waals surface area contributed by atoms with E-state index in [9.17, 15) is 4.79 Å². The van der Waals surface area contributed by atoms with E-state index in [4.69, 9.17) is 4.74 Å². The van der Waals surface area contributed by atoms with E-state index in [1.165, 1.54) is 0 Å².